The van der Waals surface area contributed by atoms with Crippen molar-refractivity contribution in [2.75, 3.05) is 16.6 Å². The summed E-state index contributed by atoms with van der Waals surface area (Å²) in [7, 11) is -3.62. The van der Waals surface area contributed by atoms with Crippen molar-refractivity contribution in [1.29, 1.82) is 0 Å². The number of hydrogen-bond donors (Lipinski definition) is 1. The molecular formula is C30H25N6O6P. The molecular weight excluding hydrogens is 571 g/mol. The summed E-state index contributed by atoms with van der Waals surface area (Å²) < 4.78 is 32.7. The number of aromatic nitrogens is 4. The standard InChI is InChI=1S/C30H25N6O6P/c37-29(20-10-4-1-5-11-20)36(30(38)21-12-6-2-7-13-21)28-26-27(31-18-32-28)35(19-33-26)25-16-23-24(41-25)17-40-43(39,42-23)34-22-14-8-3-9-15-22/h1-15,18-19,23-25H,16-17H2,(H,34,39)/t23-,24+,25-,43+/m1/s1. The van der Waals surface area contributed by atoms with Gasteiger partial charge in [0, 0.05) is 23.2 Å². The molecule has 4 atom stereocenters. The fourth-order valence-electron chi connectivity index (χ4n) is 5.16. The number of imide groups is 1. The van der Waals surface area contributed by atoms with E-state index in [4.69, 9.17) is 13.8 Å². The van der Waals surface area contributed by atoms with Crippen LogP contribution in [-0.2, 0) is 18.3 Å². The predicted molar refractivity (Wildman–Crippen MR) is 156 cm³/mol. The summed E-state index contributed by atoms with van der Waals surface area (Å²) in [5, 5.41) is 2.86. The van der Waals surface area contributed by atoms with Crippen molar-refractivity contribution in [3.8, 4) is 0 Å². The quantitative estimate of drug-likeness (QED) is 0.205. The van der Waals surface area contributed by atoms with Crippen molar-refractivity contribution in [3.63, 3.8) is 0 Å². The van der Waals surface area contributed by atoms with Crippen molar-refractivity contribution >= 4 is 42.2 Å². The van der Waals surface area contributed by atoms with Gasteiger partial charge < -0.3 is 4.74 Å². The van der Waals surface area contributed by atoms with E-state index >= 15 is 0 Å². The van der Waals surface area contributed by atoms with Gasteiger partial charge in [-0.2, -0.15) is 0 Å². The van der Waals surface area contributed by atoms with Crippen LogP contribution in [0.3, 0.4) is 0 Å². The van der Waals surface area contributed by atoms with Gasteiger partial charge in [0.25, 0.3) is 11.8 Å². The summed E-state index contributed by atoms with van der Waals surface area (Å²) in [5.41, 5.74) is 1.83. The number of amides is 2. The number of ether oxygens (including phenoxy) is 1. The third kappa shape index (κ3) is 5.21. The molecule has 1 N–H and O–H groups in total. The number of imidazole rings is 1. The first kappa shape index (κ1) is 27.1. The Hall–Kier alpha value is -4.74. The zero-order valence-corrected chi connectivity index (χ0v) is 23.5. The number of fused-ring (bicyclic) bond motifs is 2. The lowest BCUT2D eigenvalue weighted by Gasteiger charge is -2.31. The second kappa shape index (κ2) is 11.2. The molecule has 2 aromatic heterocycles. The van der Waals surface area contributed by atoms with E-state index in [1.54, 1.807) is 77.4 Å². The van der Waals surface area contributed by atoms with Gasteiger partial charge in [-0.1, -0.05) is 54.6 Å². The molecule has 2 aliphatic rings. The Morgan fingerprint density at radius 2 is 1.47 bits per heavy atom. The SMILES string of the molecule is O=C(c1ccccc1)N(C(=O)c1ccccc1)c1ncnc2c1ncn2[C@H]1C[C@H]2O[P@](=O)(Nc3ccccc3)OC[C@@H]2O1. The second-order valence-corrected chi connectivity index (χ2v) is 11.7. The smallest absolute Gasteiger partial charge is 0.349 e. The predicted octanol–water partition coefficient (Wildman–Crippen LogP) is 5.24. The van der Waals surface area contributed by atoms with Gasteiger partial charge in [-0.3, -0.25) is 28.3 Å². The number of para-hydroxylation sites is 1. The van der Waals surface area contributed by atoms with Crippen molar-refractivity contribution in [3.05, 3.63) is 115 Å². The van der Waals surface area contributed by atoms with Crippen molar-refractivity contribution in [2.24, 2.45) is 0 Å². The van der Waals surface area contributed by atoms with E-state index in [1.165, 1.54) is 12.7 Å². The summed E-state index contributed by atoms with van der Waals surface area (Å²) in [4.78, 5) is 41.8. The molecule has 2 amide bonds. The average molecular weight is 597 g/mol. The minimum atomic E-state index is -3.62. The fourth-order valence-corrected chi connectivity index (χ4v) is 6.72. The number of hydrogen-bond acceptors (Lipinski definition) is 9. The molecule has 216 valence electrons. The third-order valence-corrected chi connectivity index (χ3v) is 8.78. The van der Waals surface area contributed by atoms with Gasteiger partial charge in [-0.25, -0.2) is 24.4 Å². The van der Waals surface area contributed by atoms with Gasteiger partial charge >= 0.3 is 7.75 Å². The number of carbonyl (C=O) groups is 2. The molecule has 43 heavy (non-hydrogen) atoms. The van der Waals surface area contributed by atoms with E-state index in [1.807, 2.05) is 18.2 Å². The normalized spacial score (nSPS) is 23.0. The number of nitrogens with one attached hydrogen (secondary N) is 1. The van der Waals surface area contributed by atoms with Crippen LogP contribution in [0.5, 0.6) is 0 Å². The molecule has 0 radical (unpaired) electrons. The lowest BCUT2D eigenvalue weighted by atomic mass is 10.1. The number of benzene rings is 3. The van der Waals surface area contributed by atoms with Crippen molar-refractivity contribution in [1.82, 2.24) is 19.5 Å². The van der Waals surface area contributed by atoms with E-state index in [0.717, 1.165) is 4.90 Å². The molecule has 0 saturated carbocycles. The lowest BCUT2D eigenvalue weighted by molar-refractivity contribution is -0.0558. The van der Waals surface area contributed by atoms with E-state index in [9.17, 15) is 14.2 Å². The van der Waals surface area contributed by atoms with Crippen molar-refractivity contribution in [2.45, 2.75) is 24.9 Å². The van der Waals surface area contributed by atoms with Crippen LogP contribution >= 0.6 is 7.75 Å². The lowest BCUT2D eigenvalue weighted by Crippen LogP contribution is -2.38. The Balaban J connectivity index is 1.19. The van der Waals surface area contributed by atoms with Crippen LogP contribution < -0.4 is 9.99 Å². The highest BCUT2D eigenvalue weighted by molar-refractivity contribution is 7.55. The molecule has 7 rings (SSSR count). The van der Waals surface area contributed by atoms with Gasteiger partial charge in [-0.05, 0) is 36.4 Å². The largest absolute Gasteiger partial charge is 0.433 e. The van der Waals surface area contributed by atoms with Crippen LogP contribution in [0.1, 0.15) is 33.4 Å². The maximum Gasteiger partial charge on any atom is 0.433 e. The van der Waals surface area contributed by atoms with Gasteiger partial charge in [-0.15, -0.1) is 0 Å². The fraction of sp³-hybridized carbons (Fsp3) is 0.167. The molecule has 12 nitrogen and oxygen atoms in total. The first-order chi connectivity index (χ1) is 21.0. The molecule has 2 saturated heterocycles. The molecule has 5 aromatic rings. The minimum absolute atomic E-state index is 0.0398. The Bertz CT molecular complexity index is 1790. The summed E-state index contributed by atoms with van der Waals surface area (Å²) in [6, 6.07) is 26.0. The highest BCUT2D eigenvalue weighted by atomic mass is 31.2. The zero-order valence-electron chi connectivity index (χ0n) is 22.6. The van der Waals surface area contributed by atoms with Crippen LogP contribution in [0.25, 0.3) is 11.2 Å². The molecule has 0 spiro atoms. The van der Waals surface area contributed by atoms with Crippen LogP contribution in [0.4, 0.5) is 11.5 Å². The van der Waals surface area contributed by atoms with Crippen LogP contribution in [0, 0.1) is 0 Å². The molecule has 2 aliphatic heterocycles. The van der Waals surface area contributed by atoms with E-state index < -0.39 is 38.0 Å². The van der Waals surface area contributed by atoms with Gasteiger partial charge in [0.2, 0.25) is 0 Å². The maximum absolute atomic E-state index is 13.8. The molecule has 13 heteroatoms. The maximum atomic E-state index is 13.8. The third-order valence-electron chi connectivity index (χ3n) is 7.21. The Labute approximate surface area is 245 Å². The summed E-state index contributed by atoms with van der Waals surface area (Å²) in [6.07, 6.45) is 1.56. The van der Waals surface area contributed by atoms with Gasteiger partial charge in [0.1, 0.15) is 24.8 Å². The van der Waals surface area contributed by atoms with Crippen LogP contribution in [0.2, 0.25) is 0 Å². The first-order valence-corrected chi connectivity index (χ1v) is 15.1. The first-order valence-electron chi connectivity index (χ1n) is 13.6. The second-order valence-electron chi connectivity index (χ2n) is 9.98. The van der Waals surface area contributed by atoms with E-state index in [0.29, 0.717) is 28.9 Å². The molecule has 0 bridgehead atoms. The van der Waals surface area contributed by atoms with Gasteiger partial charge in [0.15, 0.2) is 17.0 Å². The number of rotatable bonds is 6. The molecule has 0 unspecified atom stereocenters. The monoisotopic (exact) mass is 596 g/mol. The number of carbonyl (C=O) groups excluding carboxylic acids is 2. The summed E-state index contributed by atoms with van der Waals surface area (Å²) >= 11 is 0. The Morgan fingerprint density at radius 3 is 2.12 bits per heavy atom. The Morgan fingerprint density at radius 1 is 0.837 bits per heavy atom. The molecule has 3 aromatic carbocycles. The zero-order chi connectivity index (χ0) is 29.4. The van der Waals surface area contributed by atoms with Crippen LogP contribution in [-0.4, -0.2) is 50.1 Å². The molecule has 2 fully saturated rings. The highest BCUT2D eigenvalue weighted by Gasteiger charge is 2.47. The van der Waals surface area contributed by atoms with Crippen molar-refractivity contribution < 1.29 is 27.9 Å². The summed E-state index contributed by atoms with van der Waals surface area (Å²) in [5.74, 6) is -1.07. The topological polar surface area (TPSA) is 138 Å². The summed E-state index contributed by atoms with van der Waals surface area (Å²) in [6.45, 7) is 0.0656. The highest BCUT2D eigenvalue weighted by Crippen LogP contribution is 2.55. The van der Waals surface area contributed by atoms with Gasteiger partial charge in [0.05, 0.1) is 12.9 Å². The molecule has 0 aliphatic carbocycles. The Kier molecular flexibility index (Phi) is 7.04. The van der Waals surface area contributed by atoms with Crippen LogP contribution in [0.15, 0.2) is 104 Å². The average Bonchev–Trinajstić information content (AvgIpc) is 3.66. The van der Waals surface area contributed by atoms with E-state index in [-0.39, 0.29) is 17.9 Å². The van der Waals surface area contributed by atoms with E-state index in [2.05, 4.69) is 20.0 Å². The number of anilines is 2. The molecule has 4 heterocycles. The number of nitrogens with zero attached hydrogens (tertiary/aromatic N) is 5. The minimum Gasteiger partial charge on any atom is -0.349 e.